The summed E-state index contributed by atoms with van der Waals surface area (Å²) in [5, 5.41) is 8.12. The van der Waals surface area contributed by atoms with Crippen molar-refractivity contribution in [2.75, 3.05) is 17.8 Å². The van der Waals surface area contributed by atoms with Gasteiger partial charge in [0, 0.05) is 22.6 Å². The zero-order valence-corrected chi connectivity index (χ0v) is 13.4. The molecule has 0 aliphatic rings. The van der Waals surface area contributed by atoms with Crippen LogP contribution < -0.4 is 0 Å². The number of hydrogen-bond donors (Lipinski definition) is 0. The summed E-state index contributed by atoms with van der Waals surface area (Å²) in [7, 11) is -3.02. The van der Waals surface area contributed by atoms with E-state index >= 15 is 0 Å². The van der Waals surface area contributed by atoms with Gasteiger partial charge in [-0.2, -0.15) is 0 Å². The fourth-order valence-electron chi connectivity index (χ4n) is 1.50. The first kappa shape index (κ1) is 16.3. The standard InChI is InChI=1S/C12H12ClFN2O3S2/c1-21(17,18)6-5-20-12-16-15-11(19-12)7-8-9(13)3-2-4-10(8)14/h2-4H,5-7H2,1H3. The van der Waals surface area contributed by atoms with Crippen LogP contribution in [0.15, 0.2) is 27.8 Å². The molecule has 9 heteroatoms. The Bertz CT molecular complexity index is 714. The molecule has 21 heavy (non-hydrogen) atoms. The number of hydrogen-bond acceptors (Lipinski definition) is 6. The van der Waals surface area contributed by atoms with Gasteiger partial charge in [0.15, 0.2) is 0 Å². The quantitative estimate of drug-likeness (QED) is 0.745. The van der Waals surface area contributed by atoms with Gasteiger partial charge in [-0.05, 0) is 12.1 Å². The molecular weight excluding hydrogens is 339 g/mol. The van der Waals surface area contributed by atoms with Crippen LogP contribution in [-0.4, -0.2) is 36.4 Å². The molecule has 1 heterocycles. The number of nitrogens with zero attached hydrogens (tertiary/aromatic N) is 2. The zero-order chi connectivity index (χ0) is 15.5. The number of rotatable bonds is 6. The van der Waals surface area contributed by atoms with Crippen LogP contribution >= 0.6 is 23.4 Å². The van der Waals surface area contributed by atoms with E-state index < -0.39 is 15.7 Å². The second-order valence-corrected chi connectivity index (χ2v) is 8.03. The number of benzene rings is 1. The van der Waals surface area contributed by atoms with E-state index in [-0.39, 0.29) is 28.9 Å². The van der Waals surface area contributed by atoms with E-state index in [9.17, 15) is 12.8 Å². The summed E-state index contributed by atoms with van der Waals surface area (Å²) < 4.78 is 41.0. The van der Waals surface area contributed by atoms with Crippen LogP contribution in [0.4, 0.5) is 4.39 Å². The molecule has 1 aromatic heterocycles. The van der Waals surface area contributed by atoms with Gasteiger partial charge in [-0.1, -0.05) is 29.4 Å². The van der Waals surface area contributed by atoms with Gasteiger partial charge in [-0.3, -0.25) is 0 Å². The molecule has 0 bridgehead atoms. The van der Waals surface area contributed by atoms with Gasteiger partial charge < -0.3 is 4.42 Å². The minimum atomic E-state index is -3.02. The summed E-state index contributed by atoms with van der Waals surface area (Å²) in [6.45, 7) is 0. The van der Waals surface area contributed by atoms with Crippen molar-refractivity contribution in [3.63, 3.8) is 0 Å². The Hall–Kier alpha value is -1.12. The van der Waals surface area contributed by atoms with Crippen molar-refractivity contribution in [1.29, 1.82) is 0 Å². The maximum absolute atomic E-state index is 13.6. The Morgan fingerprint density at radius 1 is 1.38 bits per heavy atom. The molecule has 0 spiro atoms. The van der Waals surface area contributed by atoms with E-state index in [1.807, 2.05) is 0 Å². The first-order valence-corrected chi connectivity index (χ1v) is 9.33. The molecule has 0 aliphatic heterocycles. The molecule has 1 aromatic carbocycles. The summed E-state index contributed by atoms with van der Waals surface area (Å²) in [5.74, 6) is 0.131. The molecule has 0 saturated carbocycles. The first-order chi connectivity index (χ1) is 9.85. The van der Waals surface area contributed by atoms with Crippen LogP contribution in [0, 0.1) is 5.82 Å². The van der Waals surface area contributed by atoms with Crippen LogP contribution in [0.3, 0.4) is 0 Å². The van der Waals surface area contributed by atoms with Crippen LogP contribution in [0.1, 0.15) is 11.5 Å². The average molecular weight is 351 g/mol. The van der Waals surface area contributed by atoms with Gasteiger partial charge in [0.25, 0.3) is 5.22 Å². The zero-order valence-electron chi connectivity index (χ0n) is 11.0. The highest BCUT2D eigenvalue weighted by Crippen LogP contribution is 2.23. The Labute approximate surface area is 130 Å². The second-order valence-electron chi connectivity index (χ2n) is 4.32. The van der Waals surface area contributed by atoms with Crippen LogP contribution in [0.5, 0.6) is 0 Å². The lowest BCUT2D eigenvalue weighted by Gasteiger charge is -2.02. The lowest BCUT2D eigenvalue weighted by atomic mass is 10.1. The Balaban J connectivity index is 2.00. The Kier molecular flexibility index (Phi) is 5.23. The topological polar surface area (TPSA) is 73.1 Å². The molecule has 2 rings (SSSR count). The van der Waals surface area contributed by atoms with Crippen molar-refractivity contribution >= 4 is 33.2 Å². The number of sulfone groups is 1. The Morgan fingerprint density at radius 2 is 2.14 bits per heavy atom. The summed E-state index contributed by atoms with van der Waals surface area (Å²) in [4.78, 5) is 0. The van der Waals surface area contributed by atoms with Gasteiger partial charge in [0.1, 0.15) is 15.7 Å². The number of halogens is 2. The van der Waals surface area contributed by atoms with Crippen molar-refractivity contribution in [1.82, 2.24) is 10.2 Å². The third kappa shape index (κ3) is 4.98. The highest BCUT2D eigenvalue weighted by molar-refractivity contribution is 8.00. The molecule has 0 atom stereocenters. The average Bonchev–Trinajstić information content (AvgIpc) is 2.80. The van der Waals surface area contributed by atoms with Gasteiger partial charge in [0.05, 0.1) is 12.2 Å². The SMILES string of the molecule is CS(=O)(=O)CCSc1nnc(Cc2c(F)cccc2Cl)o1. The van der Waals surface area contributed by atoms with Gasteiger partial charge in [-0.15, -0.1) is 10.2 Å². The van der Waals surface area contributed by atoms with Gasteiger partial charge in [0.2, 0.25) is 5.89 Å². The number of aromatic nitrogens is 2. The predicted octanol–water partition coefficient (Wildman–Crippen LogP) is 2.59. The fraction of sp³-hybridized carbons (Fsp3) is 0.333. The maximum Gasteiger partial charge on any atom is 0.276 e. The van der Waals surface area contributed by atoms with Gasteiger partial charge in [-0.25, -0.2) is 12.8 Å². The molecule has 0 unspecified atom stereocenters. The third-order valence-corrected chi connectivity index (χ3v) is 4.90. The monoisotopic (exact) mass is 350 g/mol. The molecule has 0 saturated heterocycles. The molecule has 0 fully saturated rings. The molecule has 114 valence electrons. The predicted molar refractivity (Wildman–Crippen MR) is 78.9 cm³/mol. The van der Waals surface area contributed by atoms with Crippen molar-refractivity contribution in [3.05, 3.63) is 40.5 Å². The molecule has 0 amide bonds. The summed E-state index contributed by atoms with van der Waals surface area (Å²) >= 11 is 7.06. The minimum absolute atomic E-state index is 0.0223. The lowest BCUT2D eigenvalue weighted by Crippen LogP contribution is -2.04. The normalized spacial score (nSPS) is 11.8. The van der Waals surface area contributed by atoms with E-state index in [2.05, 4.69) is 10.2 Å². The van der Waals surface area contributed by atoms with Crippen molar-refractivity contribution in [2.24, 2.45) is 0 Å². The molecule has 2 aromatic rings. The fourth-order valence-corrected chi connectivity index (χ4v) is 3.70. The third-order valence-electron chi connectivity index (χ3n) is 2.52. The van der Waals surface area contributed by atoms with E-state index in [1.54, 1.807) is 6.07 Å². The molecule has 5 nitrogen and oxygen atoms in total. The minimum Gasteiger partial charge on any atom is -0.416 e. The lowest BCUT2D eigenvalue weighted by molar-refractivity contribution is 0.418. The molecule has 0 radical (unpaired) electrons. The van der Waals surface area contributed by atoms with E-state index in [4.69, 9.17) is 16.0 Å². The van der Waals surface area contributed by atoms with E-state index in [0.29, 0.717) is 10.8 Å². The highest BCUT2D eigenvalue weighted by atomic mass is 35.5. The van der Waals surface area contributed by atoms with Crippen LogP contribution in [-0.2, 0) is 16.3 Å². The van der Waals surface area contributed by atoms with Crippen LogP contribution in [0.25, 0.3) is 0 Å². The van der Waals surface area contributed by atoms with Crippen LogP contribution in [0.2, 0.25) is 5.02 Å². The Morgan fingerprint density at radius 3 is 2.81 bits per heavy atom. The highest BCUT2D eigenvalue weighted by Gasteiger charge is 2.13. The van der Waals surface area contributed by atoms with E-state index in [1.165, 1.54) is 12.1 Å². The van der Waals surface area contributed by atoms with Crippen molar-refractivity contribution < 1.29 is 17.2 Å². The van der Waals surface area contributed by atoms with Gasteiger partial charge >= 0.3 is 0 Å². The molecule has 0 N–H and O–H groups in total. The van der Waals surface area contributed by atoms with Crippen molar-refractivity contribution in [2.45, 2.75) is 11.6 Å². The smallest absolute Gasteiger partial charge is 0.276 e. The molecule has 0 aliphatic carbocycles. The largest absolute Gasteiger partial charge is 0.416 e. The molecular formula is C12H12ClFN2O3S2. The van der Waals surface area contributed by atoms with E-state index in [0.717, 1.165) is 18.0 Å². The summed E-state index contributed by atoms with van der Waals surface area (Å²) in [5.41, 5.74) is 0.288. The second kappa shape index (κ2) is 6.76. The maximum atomic E-state index is 13.6. The first-order valence-electron chi connectivity index (χ1n) is 5.91. The summed E-state index contributed by atoms with van der Waals surface area (Å²) in [6, 6.07) is 4.40. The van der Waals surface area contributed by atoms with Crippen molar-refractivity contribution in [3.8, 4) is 0 Å². The summed E-state index contributed by atoms with van der Waals surface area (Å²) in [6.07, 6.45) is 1.25. The number of thioether (sulfide) groups is 1.